The molecule has 72 valence electrons. The standard InChI is InChI=1S/C9H13ClN2O/c1-9(2)5-6(9)8-11-7(3-4-10)13-12-8/h6H,3-5H2,1-2H3. The fraction of sp³-hybridized carbons (Fsp3) is 0.778. The Morgan fingerprint density at radius 3 is 2.85 bits per heavy atom. The summed E-state index contributed by atoms with van der Waals surface area (Å²) in [5, 5.41) is 3.95. The number of rotatable bonds is 3. The zero-order valence-corrected chi connectivity index (χ0v) is 8.64. The third kappa shape index (κ3) is 1.70. The Morgan fingerprint density at radius 1 is 1.62 bits per heavy atom. The van der Waals surface area contributed by atoms with E-state index in [9.17, 15) is 0 Å². The van der Waals surface area contributed by atoms with Crippen LogP contribution in [0.15, 0.2) is 4.52 Å². The Balaban J connectivity index is 2.07. The van der Waals surface area contributed by atoms with Gasteiger partial charge in [0.2, 0.25) is 5.89 Å². The van der Waals surface area contributed by atoms with E-state index < -0.39 is 0 Å². The van der Waals surface area contributed by atoms with Gasteiger partial charge in [0.15, 0.2) is 5.82 Å². The summed E-state index contributed by atoms with van der Waals surface area (Å²) in [5.74, 6) is 2.54. The van der Waals surface area contributed by atoms with Crippen molar-refractivity contribution in [2.45, 2.75) is 32.6 Å². The van der Waals surface area contributed by atoms with Crippen molar-refractivity contribution in [3.8, 4) is 0 Å². The van der Waals surface area contributed by atoms with Gasteiger partial charge < -0.3 is 4.52 Å². The number of halogens is 1. The van der Waals surface area contributed by atoms with Crippen LogP contribution in [0, 0.1) is 5.41 Å². The molecule has 4 heteroatoms. The van der Waals surface area contributed by atoms with E-state index in [-0.39, 0.29) is 0 Å². The molecule has 0 amide bonds. The van der Waals surface area contributed by atoms with Crippen LogP contribution in [-0.4, -0.2) is 16.0 Å². The second-order valence-electron chi connectivity index (χ2n) is 4.23. The highest BCUT2D eigenvalue weighted by molar-refractivity contribution is 6.17. The average Bonchev–Trinajstić information content (AvgIpc) is 2.52. The molecule has 3 nitrogen and oxygen atoms in total. The van der Waals surface area contributed by atoms with E-state index in [1.807, 2.05) is 0 Å². The minimum absolute atomic E-state index is 0.363. The smallest absolute Gasteiger partial charge is 0.227 e. The summed E-state index contributed by atoms with van der Waals surface area (Å²) in [6.07, 6.45) is 1.83. The Labute approximate surface area is 82.5 Å². The molecule has 1 aromatic heterocycles. The van der Waals surface area contributed by atoms with Crippen LogP contribution in [-0.2, 0) is 6.42 Å². The highest BCUT2D eigenvalue weighted by Gasteiger charge is 2.49. The molecule has 0 saturated heterocycles. The lowest BCUT2D eigenvalue weighted by molar-refractivity contribution is 0.375. The van der Waals surface area contributed by atoms with Crippen LogP contribution in [0.5, 0.6) is 0 Å². The van der Waals surface area contributed by atoms with Crippen molar-refractivity contribution in [3.05, 3.63) is 11.7 Å². The first-order chi connectivity index (χ1) is 6.13. The van der Waals surface area contributed by atoms with Gasteiger partial charge >= 0.3 is 0 Å². The lowest BCUT2D eigenvalue weighted by Gasteiger charge is -1.95. The molecule has 0 spiro atoms. The molecule has 1 unspecified atom stereocenters. The maximum absolute atomic E-state index is 5.57. The van der Waals surface area contributed by atoms with Crippen LogP contribution >= 0.6 is 11.6 Å². The van der Waals surface area contributed by atoms with Gasteiger partial charge in [-0.05, 0) is 11.8 Å². The van der Waals surface area contributed by atoms with Crippen LogP contribution in [0.3, 0.4) is 0 Å². The first kappa shape index (κ1) is 9.00. The van der Waals surface area contributed by atoms with Crippen molar-refractivity contribution < 1.29 is 4.52 Å². The van der Waals surface area contributed by atoms with E-state index in [0.717, 1.165) is 12.2 Å². The van der Waals surface area contributed by atoms with Gasteiger partial charge in [0, 0.05) is 18.2 Å². The first-order valence-corrected chi connectivity index (χ1v) is 5.05. The Kier molecular flexibility index (Phi) is 2.06. The van der Waals surface area contributed by atoms with Gasteiger partial charge in [-0.25, -0.2) is 0 Å². The van der Waals surface area contributed by atoms with Crippen LogP contribution in [0.25, 0.3) is 0 Å². The third-order valence-electron chi connectivity index (χ3n) is 2.62. The number of aryl methyl sites for hydroxylation is 1. The zero-order valence-electron chi connectivity index (χ0n) is 7.88. The lowest BCUT2D eigenvalue weighted by atomic mass is 10.1. The fourth-order valence-electron chi connectivity index (χ4n) is 1.50. The Morgan fingerprint density at radius 2 is 2.31 bits per heavy atom. The maximum Gasteiger partial charge on any atom is 0.227 e. The summed E-state index contributed by atoms with van der Waals surface area (Å²) in [5.41, 5.74) is 0.363. The van der Waals surface area contributed by atoms with Gasteiger partial charge in [-0.1, -0.05) is 19.0 Å². The van der Waals surface area contributed by atoms with Crippen LogP contribution in [0.4, 0.5) is 0 Å². The summed E-state index contributed by atoms with van der Waals surface area (Å²) in [4.78, 5) is 4.30. The number of hydrogen-bond acceptors (Lipinski definition) is 3. The molecule has 1 heterocycles. The Bertz CT molecular complexity index is 308. The van der Waals surface area contributed by atoms with Crippen LogP contribution in [0.2, 0.25) is 0 Å². The second-order valence-corrected chi connectivity index (χ2v) is 4.61. The van der Waals surface area contributed by atoms with Crippen molar-refractivity contribution in [2.75, 3.05) is 5.88 Å². The van der Waals surface area contributed by atoms with Crippen molar-refractivity contribution >= 4 is 11.6 Å². The zero-order chi connectivity index (χ0) is 9.47. The molecule has 0 radical (unpaired) electrons. The monoisotopic (exact) mass is 200 g/mol. The number of nitrogens with zero attached hydrogens (tertiary/aromatic N) is 2. The predicted molar refractivity (Wildman–Crippen MR) is 49.9 cm³/mol. The van der Waals surface area contributed by atoms with Crippen molar-refractivity contribution in [1.82, 2.24) is 10.1 Å². The van der Waals surface area contributed by atoms with Crippen molar-refractivity contribution in [3.63, 3.8) is 0 Å². The maximum atomic E-state index is 5.57. The van der Waals surface area contributed by atoms with E-state index in [1.54, 1.807) is 0 Å². The molecule has 2 rings (SSSR count). The van der Waals surface area contributed by atoms with E-state index in [2.05, 4.69) is 24.0 Å². The van der Waals surface area contributed by atoms with Crippen molar-refractivity contribution in [1.29, 1.82) is 0 Å². The van der Waals surface area contributed by atoms with E-state index in [4.69, 9.17) is 16.1 Å². The summed E-state index contributed by atoms with van der Waals surface area (Å²) in [7, 11) is 0. The Hall–Kier alpha value is -0.570. The van der Waals surface area contributed by atoms with Gasteiger partial charge in [-0.15, -0.1) is 11.6 Å². The lowest BCUT2D eigenvalue weighted by Crippen LogP contribution is -1.92. The molecular formula is C9H13ClN2O. The summed E-state index contributed by atoms with van der Waals surface area (Å²) < 4.78 is 5.05. The second kappa shape index (κ2) is 2.98. The van der Waals surface area contributed by atoms with E-state index >= 15 is 0 Å². The van der Waals surface area contributed by atoms with E-state index in [0.29, 0.717) is 29.5 Å². The van der Waals surface area contributed by atoms with E-state index in [1.165, 1.54) is 0 Å². The van der Waals surface area contributed by atoms with Crippen LogP contribution in [0.1, 0.15) is 37.9 Å². The minimum atomic E-state index is 0.363. The molecule has 1 saturated carbocycles. The van der Waals surface area contributed by atoms with Gasteiger partial charge in [0.05, 0.1) is 0 Å². The highest BCUT2D eigenvalue weighted by Crippen LogP contribution is 2.57. The molecule has 0 bridgehead atoms. The molecule has 1 aliphatic rings. The molecule has 0 aromatic carbocycles. The summed E-state index contributed by atoms with van der Waals surface area (Å²) >= 11 is 5.57. The van der Waals surface area contributed by atoms with Gasteiger partial charge in [0.25, 0.3) is 0 Å². The van der Waals surface area contributed by atoms with Gasteiger partial charge in [0.1, 0.15) is 0 Å². The van der Waals surface area contributed by atoms with Crippen LogP contribution < -0.4 is 0 Å². The third-order valence-corrected chi connectivity index (χ3v) is 2.81. The topological polar surface area (TPSA) is 38.9 Å². The first-order valence-electron chi connectivity index (χ1n) is 4.52. The number of alkyl halides is 1. The largest absolute Gasteiger partial charge is 0.339 e. The molecule has 13 heavy (non-hydrogen) atoms. The number of aromatic nitrogens is 2. The molecule has 1 atom stereocenters. The molecule has 0 N–H and O–H groups in total. The normalized spacial score (nSPS) is 24.7. The average molecular weight is 201 g/mol. The number of hydrogen-bond donors (Lipinski definition) is 0. The highest BCUT2D eigenvalue weighted by atomic mass is 35.5. The van der Waals surface area contributed by atoms with Gasteiger partial charge in [-0.3, -0.25) is 0 Å². The predicted octanol–water partition coefficient (Wildman–Crippen LogP) is 2.36. The molecule has 1 aromatic rings. The summed E-state index contributed by atoms with van der Waals surface area (Å²) in [6.45, 7) is 4.44. The SMILES string of the molecule is CC1(C)CC1c1noc(CCCl)n1. The molecule has 1 aliphatic carbocycles. The quantitative estimate of drug-likeness (QED) is 0.704. The molecule has 0 aliphatic heterocycles. The fourth-order valence-corrected chi connectivity index (χ4v) is 1.66. The molecular weight excluding hydrogens is 188 g/mol. The van der Waals surface area contributed by atoms with Crippen molar-refractivity contribution in [2.24, 2.45) is 5.41 Å². The minimum Gasteiger partial charge on any atom is -0.339 e. The summed E-state index contributed by atoms with van der Waals surface area (Å²) in [6, 6.07) is 0. The van der Waals surface area contributed by atoms with Gasteiger partial charge in [-0.2, -0.15) is 4.98 Å². The molecule has 1 fully saturated rings.